The Morgan fingerprint density at radius 3 is 2.58 bits per heavy atom. The highest BCUT2D eigenvalue weighted by molar-refractivity contribution is 7.89. The molecule has 0 aliphatic rings. The molecule has 1 rings (SSSR count). The normalized spacial score (nSPS) is 12.1. The third kappa shape index (κ3) is 4.01. The van der Waals surface area contributed by atoms with Crippen molar-refractivity contribution >= 4 is 10.0 Å². The molecule has 0 heterocycles. The molecule has 0 spiro atoms. The van der Waals surface area contributed by atoms with Crippen molar-refractivity contribution in [1.82, 2.24) is 4.31 Å². The van der Waals surface area contributed by atoms with Crippen LogP contribution in [-0.4, -0.2) is 39.5 Å². The van der Waals surface area contributed by atoms with Crippen LogP contribution in [0.2, 0.25) is 0 Å². The van der Waals surface area contributed by atoms with E-state index in [9.17, 15) is 8.42 Å². The quantitative estimate of drug-likeness (QED) is 0.762. The van der Waals surface area contributed by atoms with Gasteiger partial charge in [-0.3, -0.25) is 0 Å². The van der Waals surface area contributed by atoms with Crippen molar-refractivity contribution in [3.05, 3.63) is 29.3 Å². The van der Waals surface area contributed by atoms with Crippen molar-refractivity contribution < 1.29 is 13.2 Å². The molecule has 0 aromatic heterocycles. The zero-order valence-electron chi connectivity index (χ0n) is 11.7. The molecule has 0 aliphatic carbocycles. The maximum absolute atomic E-state index is 12.3. The van der Waals surface area contributed by atoms with Crippen LogP contribution in [0, 0.1) is 6.92 Å². The molecule has 0 bridgehead atoms. The van der Waals surface area contributed by atoms with Crippen LogP contribution in [0.1, 0.15) is 18.1 Å². The Kier molecular flexibility index (Phi) is 5.93. The lowest BCUT2D eigenvalue weighted by molar-refractivity contribution is 0.138. The molecule has 108 valence electrons. The van der Waals surface area contributed by atoms with Crippen LogP contribution in [0.5, 0.6) is 0 Å². The van der Waals surface area contributed by atoms with E-state index in [0.717, 1.165) is 11.1 Å². The van der Waals surface area contributed by atoms with Gasteiger partial charge in [0.05, 0.1) is 11.5 Å². The average molecular weight is 286 g/mol. The Balaban J connectivity index is 2.90. The Morgan fingerprint density at radius 2 is 2.05 bits per heavy atom. The van der Waals surface area contributed by atoms with E-state index in [-0.39, 0.29) is 0 Å². The van der Waals surface area contributed by atoms with E-state index in [1.807, 2.05) is 13.8 Å². The van der Waals surface area contributed by atoms with Crippen LogP contribution >= 0.6 is 0 Å². The molecule has 0 saturated carbocycles. The minimum absolute atomic E-state index is 0.293. The van der Waals surface area contributed by atoms with Gasteiger partial charge in [0, 0.05) is 26.7 Å². The van der Waals surface area contributed by atoms with E-state index in [1.54, 1.807) is 25.2 Å². The van der Waals surface area contributed by atoms with Gasteiger partial charge in [-0.05, 0) is 37.1 Å². The van der Waals surface area contributed by atoms with Crippen molar-refractivity contribution in [2.24, 2.45) is 5.73 Å². The van der Waals surface area contributed by atoms with Gasteiger partial charge < -0.3 is 10.5 Å². The average Bonchev–Trinajstić information content (AvgIpc) is 2.38. The van der Waals surface area contributed by atoms with Gasteiger partial charge >= 0.3 is 0 Å². The molecule has 6 heteroatoms. The lowest BCUT2D eigenvalue weighted by atomic mass is 10.1. The second kappa shape index (κ2) is 7.00. The summed E-state index contributed by atoms with van der Waals surface area (Å²) in [6, 6.07) is 5.02. The van der Waals surface area contributed by atoms with Crippen molar-refractivity contribution in [3.8, 4) is 0 Å². The van der Waals surface area contributed by atoms with Crippen molar-refractivity contribution in [2.45, 2.75) is 25.3 Å². The van der Waals surface area contributed by atoms with Gasteiger partial charge in [-0.1, -0.05) is 6.07 Å². The van der Waals surface area contributed by atoms with E-state index < -0.39 is 10.0 Å². The predicted molar refractivity (Wildman–Crippen MR) is 75.4 cm³/mol. The Morgan fingerprint density at radius 1 is 1.37 bits per heavy atom. The molecule has 1 aromatic carbocycles. The molecular weight excluding hydrogens is 264 g/mol. The lowest BCUT2D eigenvalue weighted by Gasteiger charge is -2.17. The number of hydrogen-bond donors (Lipinski definition) is 1. The summed E-state index contributed by atoms with van der Waals surface area (Å²) in [7, 11) is -1.90. The zero-order valence-corrected chi connectivity index (χ0v) is 12.5. The Hall–Kier alpha value is -0.950. The zero-order chi connectivity index (χ0) is 14.5. The van der Waals surface area contributed by atoms with Crippen molar-refractivity contribution in [3.63, 3.8) is 0 Å². The topological polar surface area (TPSA) is 72.6 Å². The minimum atomic E-state index is -3.45. The summed E-state index contributed by atoms with van der Waals surface area (Å²) >= 11 is 0. The van der Waals surface area contributed by atoms with Gasteiger partial charge in [0.1, 0.15) is 0 Å². The maximum Gasteiger partial charge on any atom is 0.242 e. The number of benzene rings is 1. The second-order valence-corrected chi connectivity index (χ2v) is 6.36. The van der Waals surface area contributed by atoms with Gasteiger partial charge in [0.2, 0.25) is 10.0 Å². The molecule has 0 fully saturated rings. The molecular formula is C13H22N2O3S. The molecule has 5 nitrogen and oxygen atoms in total. The van der Waals surface area contributed by atoms with Crippen LogP contribution < -0.4 is 5.73 Å². The Labute approximate surface area is 115 Å². The molecule has 1 aromatic rings. The highest BCUT2D eigenvalue weighted by Gasteiger charge is 2.20. The number of hydrogen-bond acceptors (Lipinski definition) is 4. The molecule has 0 aliphatic heterocycles. The summed E-state index contributed by atoms with van der Waals surface area (Å²) in [6.45, 7) is 5.47. The van der Waals surface area contributed by atoms with Crippen LogP contribution in [-0.2, 0) is 21.3 Å². The second-order valence-electron chi connectivity index (χ2n) is 4.32. The molecule has 0 unspecified atom stereocenters. The van der Waals surface area contributed by atoms with Gasteiger partial charge in [-0.2, -0.15) is 4.31 Å². The minimum Gasteiger partial charge on any atom is -0.380 e. The number of likely N-dealkylation sites (N-methyl/N-ethyl adjacent to an activating group) is 1. The number of sulfonamides is 1. The van der Waals surface area contributed by atoms with Gasteiger partial charge in [-0.15, -0.1) is 0 Å². The van der Waals surface area contributed by atoms with Gasteiger partial charge in [0.15, 0.2) is 0 Å². The first kappa shape index (κ1) is 16.1. The highest BCUT2D eigenvalue weighted by atomic mass is 32.2. The van der Waals surface area contributed by atoms with Crippen LogP contribution in [0.3, 0.4) is 0 Å². The van der Waals surface area contributed by atoms with Crippen molar-refractivity contribution in [1.29, 1.82) is 0 Å². The van der Waals surface area contributed by atoms with E-state index >= 15 is 0 Å². The van der Waals surface area contributed by atoms with Crippen LogP contribution in [0.25, 0.3) is 0 Å². The predicted octanol–water partition coefficient (Wildman–Crippen LogP) is 1.11. The largest absolute Gasteiger partial charge is 0.380 e. The summed E-state index contributed by atoms with van der Waals surface area (Å²) in [5.41, 5.74) is 7.42. The van der Waals surface area contributed by atoms with Gasteiger partial charge in [-0.25, -0.2) is 8.42 Å². The van der Waals surface area contributed by atoms with Gasteiger partial charge in [0.25, 0.3) is 0 Å². The standard InChI is InChI=1S/C13H22N2O3S/c1-4-18-8-7-15(3)19(16,17)13-6-5-12(10-14)11(2)9-13/h5-6,9H,4,7-8,10,14H2,1-3H3. The Bertz CT molecular complexity index is 515. The fraction of sp³-hybridized carbons (Fsp3) is 0.538. The van der Waals surface area contributed by atoms with Crippen LogP contribution in [0.4, 0.5) is 0 Å². The third-order valence-corrected chi connectivity index (χ3v) is 4.85. The van der Waals surface area contributed by atoms with E-state index in [0.29, 0.717) is 31.2 Å². The molecule has 2 N–H and O–H groups in total. The SMILES string of the molecule is CCOCCN(C)S(=O)(=O)c1ccc(CN)c(C)c1. The summed E-state index contributed by atoms with van der Waals surface area (Å²) < 4.78 is 31.1. The third-order valence-electron chi connectivity index (χ3n) is 3.00. The number of nitrogens with zero attached hydrogens (tertiary/aromatic N) is 1. The number of rotatable bonds is 7. The van der Waals surface area contributed by atoms with E-state index in [4.69, 9.17) is 10.5 Å². The molecule has 0 radical (unpaired) electrons. The molecule has 0 atom stereocenters. The maximum atomic E-state index is 12.3. The van der Waals surface area contributed by atoms with Crippen LogP contribution in [0.15, 0.2) is 23.1 Å². The van der Waals surface area contributed by atoms with E-state index in [2.05, 4.69) is 0 Å². The van der Waals surface area contributed by atoms with E-state index in [1.165, 1.54) is 4.31 Å². The van der Waals surface area contributed by atoms with Crippen molar-refractivity contribution in [2.75, 3.05) is 26.8 Å². The monoisotopic (exact) mass is 286 g/mol. The number of ether oxygens (including phenoxy) is 1. The smallest absolute Gasteiger partial charge is 0.242 e. The summed E-state index contributed by atoms with van der Waals surface area (Å²) in [5, 5.41) is 0. The fourth-order valence-corrected chi connectivity index (χ4v) is 2.94. The first-order chi connectivity index (χ1) is 8.93. The lowest BCUT2D eigenvalue weighted by Crippen LogP contribution is -2.30. The number of nitrogens with two attached hydrogens (primary N) is 1. The molecule has 19 heavy (non-hydrogen) atoms. The first-order valence-electron chi connectivity index (χ1n) is 6.27. The first-order valence-corrected chi connectivity index (χ1v) is 7.71. The molecule has 0 saturated heterocycles. The highest BCUT2D eigenvalue weighted by Crippen LogP contribution is 2.18. The summed E-state index contributed by atoms with van der Waals surface area (Å²) in [4.78, 5) is 0.293. The fourth-order valence-electron chi connectivity index (χ4n) is 1.70. The number of aryl methyl sites for hydroxylation is 1. The summed E-state index contributed by atoms with van der Waals surface area (Å²) in [5.74, 6) is 0. The summed E-state index contributed by atoms with van der Waals surface area (Å²) in [6.07, 6.45) is 0. The molecule has 0 amide bonds.